The molecule has 0 radical (unpaired) electrons. The maximum atomic E-state index is 12.6. The Bertz CT molecular complexity index is 672. The third kappa shape index (κ3) is 4.47. The predicted molar refractivity (Wildman–Crippen MR) is 81.8 cm³/mol. The van der Waals surface area contributed by atoms with E-state index in [-0.39, 0.29) is 10.7 Å². The third-order valence-electron chi connectivity index (χ3n) is 2.54. The molecular formula is C14H9BrClF3N2. The third-order valence-corrected chi connectivity index (χ3v) is 3.36. The van der Waals surface area contributed by atoms with Crippen molar-refractivity contribution in [1.82, 2.24) is 0 Å². The fraction of sp³-hybridized carbons (Fsp3) is 0.0714. The summed E-state index contributed by atoms with van der Waals surface area (Å²) < 4.78 is 38.7. The van der Waals surface area contributed by atoms with Crippen LogP contribution in [0.25, 0.3) is 0 Å². The van der Waals surface area contributed by atoms with Crippen LogP contribution in [0.2, 0.25) is 5.02 Å². The fourth-order valence-electron chi connectivity index (χ4n) is 1.55. The molecule has 0 bridgehead atoms. The van der Waals surface area contributed by atoms with Gasteiger partial charge in [-0.25, -0.2) is 0 Å². The molecule has 0 amide bonds. The normalized spacial score (nSPS) is 11.9. The fourth-order valence-corrected chi connectivity index (χ4v) is 2.13. The first-order valence-corrected chi connectivity index (χ1v) is 6.95. The summed E-state index contributed by atoms with van der Waals surface area (Å²) in [7, 11) is 0. The first-order valence-electron chi connectivity index (χ1n) is 5.77. The Labute approximate surface area is 132 Å². The van der Waals surface area contributed by atoms with Crippen LogP contribution in [-0.4, -0.2) is 6.21 Å². The standard InChI is InChI=1S/C14H9BrClF3N2/c15-11-3-1-2-9(6-11)8-20-21-13-7-10(14(17,18)19)4-5-12(13)16/h1-8,21H/b20-8+. The molecule has 0 heterocycles. The van der Waals surface area contributed by atoms with Crippen LogP contribution in [-0.2, 0) is 6.18 Å². The topological polar surface area (TPSA) is 24.4 Å². The molecule has 0 aliphatic carbocycles. The van der Waals surface area contributed by atoms with Crippen molar-refractivity contribution in [3.05, 3.63) is 63.1 Å². The van der Waals surface area contributed by atoms with Crippen molar-refractivity contribution in [3.8, 4) is 0 Å². The van der Waals surface area contributed by atoms with Gasteiger partial charge in [0.1, 0.15) is 0 Å². The number of nitrogens with one attached hydrogen (secondary N) is 1. The van der Waals surface area contributed by atoms with Gasteiger partial charge in [-0.3, -0.25) is 5.43 Å². The van der Waals surface area contributed by atoms with Crippen LogP contribution >= 0.6 is 27.5 Å². The Kier molecular flexibility index (Phi) is 4.90. The zero-order chi connectivity index (χ0) is 15.5. The quantitative estimate of drug-likeness (QED) is 0.549. The average molecular weight is 378 g/mol. The number of nitrogens with zero attached hydrogens (tertiary/aromatic N) is 1. The summed E-state index contributed by atoms with van der Waals surface area (Å²) >= 11 is 9.16. The van der Waals surface area contributed by atoms with E-state index >= 15 is 0 Å². The molecule has 0 aliphatic rings. The van der Waals surface area contributed by atoms with Gasteiger partial charge < -0.3 is 0 Å². The molecule has 2 nitrogen and oxygen atoms in total. The van der Waals surface area contributed by atoms with Crippen molar-refractivity contribution < 1.29 is 13.2 Å². The lowest BCUT2D eigenvalue weighted by Crippen LogP contribution is -2.05. The van der Waals surface area contributed by atoms with E-state index in [2.05, 4.69) is 26.5 Å². The molecule has 110 valence electrons. The number of halogens is 5. The summed E-state index contributed by atoms with van der Waals surface area (Å²) in [6.45, 7) is 0. The van der Waals surface area contributed by atoms with Crippen LogP contribution in [0, 0.1) is 0 Å². The van der Waals surface area contributed by atoms with Gasteiger partial charge in [-0.15, -0.1) is 0 Å². The van der Waals surface area contributed by atoms with Gasteiger partial charge in [0.2, 0.25) is 0 Å². The Morgan fingerprint density at radius 3 is 2.57 bits per heavy atom. The summed E-state index contributed by atoms with van der Waals surface area (Å²) in [5.74, 6) is 0. The minimum absolute atomic E-state index is 0.0951. The number of alkyl halides is 3. The van der Waals surface area contributed by atoms with Gasteiger partial charge >= 0.3 is 6.18 Å². The van der Waals surface area contributed by atoms with Gasteiger partial charge in [0, 0.05) is 4.47 Å². The molecule has 0 aliphatic heterocycles. The number of benzene rings is 2. The van der Waals surface area contributed by atoms with Crippen molar-refractivity contribution in [1.29, 1.82) is 0 Å². The van der Waals surface area contributed by atoms with E-state index in [4.69, 9.17) is 11.6 Å². The minimum atomic E-state index is -4.42. The van der Waals surface area contributed by atoms with Gasteiger partial charge in [0.25, 0.3) is 0 Å². The van der Waals surface area contributed by atoms with Crippen molar-refractivity contribution >= 4 is 39.4 Å². The molecular weight excluding hydrogens is 369 g/mol. The molecule has 0 unspecified atom stereocenters. The summed E-state index contributed by atoms with van der Waals surface area (Å²) in [6, 6.07) is 10.3. The molecule has 1 N–H and O–H groups in total. The smallest absolute Gasteiger partial charge is 0.277 e. The summed E-state index contributed by atoms with van der Waals surface area (Å²) in [6.07, 6.45) is -2.93. The zero-order valence-corrected chi connectivity index (χ0v) is 12.8. The Morgan fingerprint density at radius 1 is 1.14 bits per heavy atom. The van der Waals surface area contributed by atoms with Crippen LogP contribution in [0.1, 0.15) is 11.1 Å². The van der Waals surface area contributed by atoms with E-state index in [0.717, 1.165) is 22.2 Å². The first-order chi connectivity index (χ1) is 9.86. The van der Waals surface area contributed by atoms with E-state index in [0.29, 0.717) is 0 Å². The molecule has 0 fully saturated rings. The van der Waals surface area contributed by atoms with Gasteiger partial charge in [-0.2, -0.15) is 18.3 Å². The van der Waals surface area contributed by atoms with E-state index in [9.17, 15) is 13.2 Å². The summed E-state index contributed by atoms with van der Waals surface area (Å²) in [5.41, 5.74) is 2.62. The lowest BCUT2D eigenvalue weighted by atomic mass is 10.2. The largest absolute Gasteiger partial charge is 0.416 e. The Balaban J connectivity index is 2.16. The van der Waals surface area contributed by atoms with Crippen LogP contribution in [0.3, 0.4) is 0 Å². The molecule has 2 aromatic rings. The van der Waals surface area contributed by atoms with E-state index in [1.165, 1.54) is 12.3 Å². The second-order valence-corrected chi connectivity index (χ2v) is 5.44. The number of anilines is 1. The summed E-state index contributed by atoms with van der Waals surface area (Å²) in [5, 5.41) is 4.05. The number of hydrogen-bond donors (Lipinski definition) is 1. The van der Waals surface area contributed by atoms with Crippen molar-refractivity contribution in [3.63, 3.8) is 0 Å². The van der Waals surface area contributed by atoms with Crippen molar-refractivity contribution in [2.24, 2.45) is 5.10 Å². The summed E-state index contributed by atoms with van der Waals surface area (Å²) in [4.78, 5) is 0. The Morgan fingerprint density at radius 2 is 1.90 bits per heavy atom. The molecule has 21 heavy (non-hydrogen) atoms. The molecule has 0 saturated carbocycles. The lowest BCUT2D eigenvalue weighted by Gasteiger charge is -2.09. The number of hydrazone groups is 1. The monoisotopic (exact) mass is 376 g/mol. The highest BCUT2D eigenvalue weighted by Gasteiger charge is 2.30. The van der Waals surface area contributed by atoms with E-state index < -0.39 is 11.7 Å². The second-order valence-electron chi connectivity index (χ2n) is 4.12. The van der Waals surface area contributed by atoms with Gasteiger partial charge in [0.05, 0.1) is 22.5 Å². The second kappa shape index (κ2) is 6.49. The molecule has 7 heteroatoms. The first kappa shape index (κ1) is 15.9. The van der Waals surface area contributed by atoms with Crippen molar-refractivity contribution in [2.75, 3.05) is 5.43 Å². The highest BCUT2D eigenvalue weighted by Crippen LogP contribution is 2.33. The zero-order valence-electron chi connectivity index (χ0n) is 10.5. The van der Waals surface area contributed by atoms with Crippen LogP contribution < -0.4 is 5.43 Å². The van der Waals surface area contributed by atoms with Crippen LogP contribution in [0.15, 0.2) is 52.0 Å². The lowest BCUT2D eigenvalue weighted by molar-refractivity contribution is -0.137. The van der Waals surface area contributed by atoms with Gasteiger partial charge in [-0.05, 0) is 35.9 Å². The maximum Gasteiger partial charge on any atom is 0.416 e. The molecule has 0 spiro atoms. The maximum absolute atomic E-state index is 12.6. The van der Waals surface area contributed by atoms with Crippen LogP contribution in [0.4, 0.5) is 18.9 Å². The predicted octanol–water partition coefficient (Wildman–Crippen LogP) is 5.57. The van der Waals surface area contributed by atoms with E-state index in [1.54, 1.807) is 0 Å². The Hall–Kier alpha value is -1.53. The number of rotatable bonds is 3. The van der Waals surface area contributed by atoms with Gasteiger partial charge in [0.15, 0.2) is 0 Å². The van der Waals surface area contributed by atoms with E-state index in [1.807, 2.05) is 24.3 Å². The average Bonchev–Trinajstić information content (AvgIpc) is 2.39. The molecule has 2 aromatic carbocycles. The highest BCUT2D eigenvalue weighted by atomic mass is 79.9. The van der Waals surface area contributed by atoms with Gasteiger partial charge in [-0.1, -0.05) is 39.7 Å². The minimum Gasteiger partial charge on any atom is -0.277 e. The van der Waals surface area contributed by atoms with Crippen LogP contribution in [0.5, 0.6) is 0 Å². The highest BCUT2D eigenvalue weighted by molar-refractivity contribution is 9.10. The van der Waals surface area contributed by atoms with Crippen molar-refractivity contribution in [2.45, 2.75) is 6.18 Å². The molecule has 0 atom stereocenters. The molecule has 0 saturated heterocycles. The number of hydrogen-bond acceptors (Lipinski definition) is 2. The molecule has 2 rings (SSSR count). The molecule has 0 aromatic heterocycles. The SMILES string of the molecule is FC(F)(F)c1ccc(Cl)c(N/N=C/c2cccc(Br)c2)c1.